The summed E-state index contributed by atoms with van der Waals surface area (Å²) in [4.78, 5) is 51.9. The lowest BCUT2D eigenvalue weighted by Crippen LogP contribution is -2.54. The monoisotopic (exact) mass is 453 g/mol. The molecule has 2 atom stereocenters. The molecule has 1 aromatic carbocycles. The first-order valence-corrected chi connectivity index (χ1v) is 10.1. The lowest BCUT2D eigenvalue weighted by molar-refractivity contribution is -0.238. The van der Waals surface area contributed by atoms with Gasteiger partial charge in [0.15, 0.2) is 5.78 Å². The van der Waals surface area contributed by atoms with E-state index >= 15 is 0 Å². The second-order valence-corrected chi connectivity index (χ2v) is 9.36. The molecule has 2 aliphatic heterocycles. The Kier molecular flexibility index (Phi) is 6.01. The average molecular weight is 453 g/mol. The van der Waals surface area contributed by atoms with Crippen LogP contribution in [0.15, 0.2) is 18.2 Å². The molecular weight excluding hydrogens is 428 g/mol. The van der Waals surface area contributed by atoms with Gasteiger partial charge in [0.2, 0.25) is 5.92 Å². The summed E-state index contributed by atoms with van der Waals surface area (Å²) >= 11 is 0. The minimum atomic E-state index is -1.87. The van der Waals surface area contributed by atoms with Crippen LogP contribution in [0.2, 0.25) is 0 Å². The van der Waals surface area contributed by atoms with Crippen LogP contribution in [0.4, 0.5) is 13.6 Å². The maximum absolute atomic E-state index is 13.7. The maximum Gasteiger partial charge on any atom is 0.410 e. The number of likely N-dealkylation sites (tertiary alicyclic amines) is 1. The number of ketones is 1. The second-order valence-electron chi connectivity index (χ2n) is 9.36. The van der Waals surface area contributed by atoms with Crippen LogP contribution in [-0.2, 0) is 28.6 Å². The molecular formula is C22H25F2NO7. The van der Waals surface area contributed by atoms with Crippen LogP contribution in [0.1, 0.15) is 52.5 Å². The molecule has 2 aliphatic rings. The van der Waals surface area contributed by atoms with Crippen molar-refractivity contribution in [1.82, 2.24) is 4.90 Å². The van der Waals surface area contributed by atoms with Gasteiger partial charge in [0.1, 0.15) is 17.2 Å². The van der Waals surface area contributed by atoms with Crippen LogP contribution in [0, 0.1) is 17.6 Å². The Balaban J connectivity index is 1.92. The number of nitrogens with zero attached hydrogens (tertiary/aromatic N) is 1. The third-order valence-electron chi connectivity index (χ3n) is 5.06. The van der Waals surface area contributed by atoms with Gasteiger partial charge >= 0.3 is 18.0 Å². The van der Waals surface area contributed by atoms with Gasteiger partial charge in [-0.05, 0) is 44.9 Å². The number of esters is 2. The minimum Gasteiger partial charge on any atom is -0.444 e. The Labute approximate surface area is 183 Å². The Bertz CT molecular complexity index is 929. The van der Waals surface area contributed by atoms with Gasteiger partial charge in [-0.1, -0.05) is 0 Å². The quantitative estimate of drug-likeness (QED) is 0.512. The zero-order valence-corrected chi connectivity index (χ0v) is 18.4. The molecule has 0 saturated carbocycles. The highest BCUT2D eigenvalue weighted by Crippen LogP contribution is 2.36. The van der Waals surface area contributed by atoms with Gasteiger partial charge in [-0.3, -0.25) is 19.3 Å². The number of ether oxygens (including phenoxy) is 3. The molecule has 3 rings (SSSR count). The van der Waals surface area contributed by atoms with Crippen molar-refractivity contribution in [2.45, 2.75) is 64.4 Å². The highest BCUT2D eigenvalue weighted by atomic mass is 19.1. The number of rotatable bonds is 3. The normalized spacial score (nSPS) is 23.5. The van der Waals surface area contributed by atoms with E-state index in [1.54, 1.807) is 20.8 Å². The van der Waals surface area contributed by atoms with Crippen molar-refractivity contribution in [3.63, 3.8) is 0 Å². The first kappa shape index (κ1) is 23.6. The largest absolute Gasteiger partial charge is 0.444 e. The molecule has 0 aromatic heterocycles. The lowest BCUT2D eigenvalue weighted by Gasteiger charge is -2.34. The summed E-state index contributed by atoms with van der Waals surface area (Å²) < 4.78 is 42.9. The Hall–Kier alpha value is -3.04. The molecule has 1 aromatic rings. The lowest BCUT2D eigenvalue weighted by atomic mass is 9.90. The molecule has 2 heterocycles. The Morgan fingerprint density at radius 1 is 1.06 bits per heavy atom. The van der Waals surface area contributed by atoms with Crippen molar-refractivity contribution in [2.75, 3.05) is 6.54 Å². The predicted molar refractivity (Wildman–Crippen MR) is 105 cm³/mol. The van der Waals surface area contributed by atoms with Gasteiger partial charge in [0, 0.05) is 32.4 Å². The summed E-state index contributed by atoms with van der Waals surface area (Å²) in [6, 6.07) is 1.68. The maximum atomic E-state index is 13.7. The smallest absolute Gasteiger partial charge is 0.410 e. The summed E-state index contributed by atoms with van der Waals surface area (Å²) in [6.45, 7) is 7.50. The van der Waals surface area contributed by atoms with Gasteiger partial charge in [-0.25, -0.2) is 13.6 Å². The Morgan fingerprint density at radius 3 is 2.09 bits per heavy atom. The molecule has 0 aliphatic carbocycles. The summed E-state index contributed by atoms with van der Waals surface area (Å²) in [6.07, 6.45) is -0.922. The van der Waals surface area contributed by atoms with E-state index in [4.69, 9.17) is 14.2 Å². The third-order valence-corrected chi connectivity index (χ3v) is 5.06. The van der Waals surface area contributed by atoms with Crippen LogP contribution >= 0.6 is 0 Å². The van der Waals surface area contributed by atoms with Crippen molar-refractivity contribution in [2.24, 2.45) is 5.92 Å². The number of Topliss-reactive ketones (excluding diaryl/α,β-unsaturated/α-hetero) is 1. The summed E-state index contributed by atoms with van der Waals surface area (Å²) in [5.41, 5.74) is -0.651. The van der Waals surface area contributed by atoms with Crippen molar-refractivity contribution < 1.29 is 42.2 Å². The van der Waals surface area contributed by atoms with Gasteiger partial charge in [-0.15, -0.1) is 0 Å². The molecule has 2 unspecified atom stereocenters. The molecule has 32 heavy (non-hydrogen) atoms. The molecule has 0 radical (unpaired) electrons. The fourth-order valence-electron chi connectivity index (χ4n) is 3.82. The summed E-state index contributed by atoms with van der Waals surface area (Å²) in [5, 5.41) is 0. The fourth-order valence-corrected chi connectivity index (χ4v) is 3.82. The molecule has 0 spiro atoms. The zero-order valence-electron chi connectivity index (χ0n) is 18.4. The molecule has 174 valence electrons. The van der Waals surface area contributed by atoms with E-state index in [0.29, 0.717) is 6.07 Å². The van der Waals surface area contributed by atoms with Gasteiger partial charge in [0.05, 0.1) is 6.04 Å². The van der Waals surface area contributed by atoms with E-state index in [-0.39, 0.29) is 18.5 Å². The molecule has 2 saturated heterocycles. The zero-order chi connectivity index (χ0) is 24.0. The topological polar surface area (TPSA) is 99.2 Å². The second kappa shape index (κ2) is 8.14. The summed E-state index contributed by atoms with van der Waals surface area (Å²) in [7, 11) is 0. The highest BCUT2D eigenvalue weighted by molar-refractivity contribution is 6.17. The van der Waals surface area contributed by atoms with Gasteiger partial charge in [-0.2, -0.15) is 0 Å². The third kappa shape index (κ3) is 5.05. The van der Waals surface area contributed by atoms with E-state index < -0.39 is 64.7 Å². The fraction of sp³-hybridized carbons (Fsp3) is 0.545. The Morgan fingerprint density at radius 2 is 1.59 bits per heavy atom. The molecule has 0 N–H and O–H groups in total. The number of hydrogen-bond acceptors (Lipinski definition) is 7. The van der Waals surface area contributed by atoms with E-state index in [9.17, 15) is 28.0 Å². The average Bonchev–Trinajstić information content (AvgIpc) is 3.03. The highest BCUT2D eigenvalue weighted by Gasteiger charge is 2.53. The van der Waals surface area contributed by atoms with E-state index in [1.807, 2.05) is 0 Å². The van der Waals surface area contributed by atoms with Crippen LogP contribution in [0.3, 0.4) is 0 Å². The number of hydrogen-bond donors (Lipinski definition) is 0. The molecule has 8 nitrogen and oxygen atoms in total. The van der Waals surface area contributed by atoms with Crippen molar-refractivity contribution in [1.29, 1.82) is 0 Å². The first-order valence-electron chi connectivity index (χ1n) is 10.1. The SMILES string of the molecule is CC(C)(C)OC(=O)N1CC(c2cc(F)cc(F)c2)CC1C(=O)C1C(=O)OC(C)(C)OC1=O. The molecule has 10 heteroatoms. The van der Waals surface area contributed by atoms with Crippen LogP contribution in [0.5, 0.6) is 0 Å². The number of benzene rings is 1. The minimum absolute atomic E-state index is 0.0680. The number of amides is 1. The van der Waals surface area contributed by atoms with Crippen molar-refractivity contribution in [3.05, 3.63) is 35.4 Å². The number of cyclic esters (lactones) is 2. The number of carbonyl (C=O) groups excluding carboxylic acids is 4. The number of carbonyl (C=O) groups is 4. The molecule has 0 bridgehead atoms. The van der Waals surface area contributed by atoms with Crippen molar-refractivity contribution >= 4 is 23.8 Å². The van der Waals surface area contributed by atoms with Crippen molar-refractivity contribution in [3.8, 4) is 0 Å². The van der Waals surface area contributed by atoms with Gasteiger partial charge < -0.3 is 14.2 Å². The number of halogens is 2. The predicted octanol–water partition coefficient (Wildman–Crippen LogP) is 3.08. The van der Waals surface area contributed by atoms with E-state index in [0.717, 1.165) is 17.0 Å². The van der Waals surface area contributed by atoms with Crippen LogP contribution < -0.4 is 0 Å². The summed E-state index contributed by atoms with van der Waals surface area (Å²) in [5.74, 6) is -8.70. The molecule has 2 fully saturated rings. The van der Waals surface area contributed by atoms with Crippen LogP contribution in [-0.4, -0.2) is 52.7 Å². The van der Waals surface area contributed by atoms with E-state index in [1.165, 1.54) is 13.8 Å². The first-order chi connectivity index (χ1) is 14.7. The van der Waals surface area contributed by atoms with Gasteiger partial charge in [0.25, 0.3) is 5.79 Å². The molecule has 1 amide bonds. The van der Waals surface area contributed by atoms with E-state index in [2.05, 4.69) is 0 Å². The standard InChI is InChI=1S/C22H25F2NO7/c1-21(2,3)32-20(29)25-10-12(11-6-13(23)9-14(24)7-11)8-15(25)17(26)16-18(27)30-22(4,5)31-19(16)28/h6-7,9,12,15-16H,8,10H2,1-5H3. The van der Waals surface area contributed by atoms with Crippen LogP contribution in [0.25, 0.3) is 0 Å².